The summed E-state index contributed by atoms with van der Waals surface area (Å²) in [5.74, 6) is 1.07. The Kier molecular flexibility index (Phi) is 7.83. The van der Waals surface area contributed by atoms with Crippen LogP contribution in [0.3, 0.4) is 0 Å². The van der Waals surface area contributed by atoms with Crippen molar-refractivity contribution in [3.63, 3.8) is 0 Å². The molecule has 0 aliphatic carbocycles. The lowest BCUT2D eigenvalue weighted by Crippen LogP contribution is -2.50. The number of hydrogen-bond acceptors (Lipinski definition) is 7. The SMILES string of the molecule is CC(C)c1ccccc1OCC(O)CN1CCN(S(=O)(=O)c2cccc([N+](=O)[O-])c2)CC1. The van der Waals surface area contributed by atoms with Crippen LogP contribution in [0.1, 0.15) is 25.3 Å². The fourth-order valence-electron chi connectivity index (χ4n) is 3.68. The van der Waals surface area contributed by atoms with Gasteiger partial charge in [-0.15, -0.1) is 0 Å². The van der Waals surface area contributed by atoms with Crippen molar-refractivity contribution in [3.8, 4) is 5.75 Å². The lowest BCUT2D eigenvalue weighted by Gasteiger charge is -2.34. The molecule has 0 spiro atoms. The number of rotatable bonds is 9. The summed E-state index contributed by atoms with van der Waals surface area (Å²) in [5, 5.41) is 21.4. The second kappa shape index (κ2) is 10.4. The van der Waals surface area contributed by atoms with Gasteiger partial charge in [0.05, 0.1) is 9.82 Å². The molecule has 174 valence electrons. The van der Waals surface area contributed by atoms with E-state index in [0.717, 1.165) is 17.4 Å². The number of para-hydroxylation sites is 1. The molecule has 1 atom stereocenters. The molecule has 1 unspecified atom stereocenters. The largest absolute Gasteiger partial charge is 0.491 e. The number of nitrogens with zero attached hydrogens (tertiary/aromatic N) is 3. The van der Waals surface area contributed by atoms with Crippen LogP contribution in [0.2, 0.25) is 0 Å². The van der Waals surface area contributed by atoms with Crippen molar-refractivity contribution in [2.24, 2.45) is 0 Å². The molecule has 1 heterocycles. The van der Waals surface area contributed by atoms with Gasteiger partial charge >= 0.3 is 0 Å². The van der Waals surface area contributed by atoms with Gasteiger partial charge in [-0.2, -0.15) is 4.31 Å². The van der Waals surface area contributed by atoms with E-state index in [2.05, 4.69) is 13.8 Å². The summed E-state index contributed by atoms with van der Waals surface area (Å²) in [7, 11) is -3.81. The Hall–Kier alpha value is -2.53. The molecule has 0 radical (unpaired) electrons. The van der Waals surface area contributed by atoms with E-state index in [1.807, 2.05) is 29.2 Å². The van der Waals surface area contributed by atoms with Gasteiger partial charge in [0.1, 0.15) is 18.5 Å². The number of hydrogen-bond donors (Lipinski definition) is 1. The van der Waals surface area contributed by atoms with Gasteiger partial charge in [0.25, 0.3) is 5.69 Å². The first-order chi connectivity index (χ1) is 15.2. The van der Waals surface area contributed by atoms with Crippen LogP contribution in [-0.2, 0) is 10.0 Å². The monoisotopic (exact) mass is 463 g/mol. The molecule has 1 saturated heterocycles. The lowest BCUT2D eigenvalue weighted by molar-refractivity contribution is -0.385. The van der Waals surface area contributed by atoms with Crippen molar-refractivity contribution >= 4 is 15.7 Å². The van der Waals surface area contributed by atoms with E-state index < -0.39 is 21.1 Å². The number of aliphatic hydroxyl groups excluding tert-OH is 1. The van der Waals surface area contributed by atoms with E-state index in [9.17, 15) is 23.6 Å². The summed E-state index contributed by atoms with van der Waals surface area (Å²) >= 11 is 0. The molecule has 1 aliphatic heterocycles. The highest BCUT2D eigenvalue weighted by atomic mass is 32.2. The molecule has 0 amide bonds. The first kappa shape index (κ1) is 24.1. The molecule has 3 rings (SSSR count). The lowest BCUT2D eigenvalue weighted by atomic mass is 10.0. The maximum Gasteiger partial charge on any atom is 0.270 e. The second-order valence-electron chi connectivity index (χ2n) is 8.12. The van der Waals surface area contributed by atoms with Crippen LogP contribution in [0.5, 0.6) is 5.75 Å². The van der Waals surface area contributed by atoms with Gasteiger partial charge in [-0.1, -0.05) is 38.1 Å². The van der Waals surface area contributed by atoms with Crippen molar-refractivity contribution in [1.82, 2.24) is 9.21 Å². The molecule has 0 aromatic heterocycles. The molecule has 9 nitrogen and oxygen atoms in total. The fraction of sp³-hybridized carbons (Fsp3) is 0.455. The van der Waals surface area contributed by atoms with E-state index in [-0.39, 0.29) is 30.3 Å². The minimum Gasteiger partial charge on any atom is -0.491 e. The maximum absolute atomic E-state index is 12.9. The number of nitro groups is 1. The molecular formula is C22H29N3O6S. The van der Waals surface area contributed by atoms with Gasteiger partial charge in [-0.3, -0.25) is 15.0 Å². The van der Waals surface area contributed by atoms with Crippen molar-refractivity contribution < 1.29 is 23.2 Å². The number of β-amino-alcohol motifs (C(OH)–C–C–N with tert-alkyl or cyclic N) is 1. The van der Waals surface area contributed by atoms with Crippen LogP contribution in [0, 0.1) is 10.1 Å². The minimum atomic E-state index is -3.81. The Balaban J connectivity index is 1.52. The summed E-state index contributed by atoms with van der Waals surface area (Å²) in [6.07, 6.45) is -0.713. The molecule has 1 N–H and O–H groups in total. The Morgan fingerprint density at radius 2 is 1.78 bits per heavy atom. The predicted octanol–water partition coefficient (Wildman–Crippen LogP) is 2.46. The van der Waals surface area contributed by atoms with Crippen LogP contribution in [0.25, 0.3) is 0 Å². The number of piperazine rings is 1. The minimum absolute atomic E-state index is 0.0857. The smallest absolute Gasteiger partial charge is 0.270 e. The first-order valence-electron chi connectivity index (χ1n) is 10.5. The third-order valence-corrected chi connectivity index (χ3v) is 7.33. The highest BCUT2D eigenvalue weighted by Gasteiger charge is 2.30. The Labute approximate surface area is 188 Å². The maximum atomic E-state index is 12.9. The fourth-order valence-corrected chi connectivity index (χ4v) is 5.15. The van der Waals surface area contributed by atoms with E-state index in [0.29, 0.717) is 25.6 Å². The number of sulfonamides is 1. The third-order valence-electron chi connectivity index (χ3n) is 5.44. The molecule has 2 aromatic rings. The average Bonchev–Trinajstić information content (AvgIpc) is 2.78. The molecule has 10 heteroatoms. The summed E-state index contributed by atoms with van der Waals surface area (Å²) < 4.78 is 32.9. The van der Waals surface area contributed by atoms with Crippen molar-refractivity contribution in [2.45, 2.75) is 30.8 Å². The molecule has 1 aliphatic rings. The van der Waals surface area contributed by atoms with Crippen molar-refractivity contribution in [2.75, 3.05) is 39.3 Å². The normalized spacial score (nSPS) is 16.8. The van der Waals surface area contributed by atoms with Crippen molar-refractivity contribution in [1.29, 1.82) is 0 Å². The predicted molar refractivity (Wildman–Crippen MR) is 120 cm³/mol. The van der Waals surface area contributed by atoms with Crippen LogP contribution >= 0.6 is 0 Å². The number of aliphatic hydroxyl groups is 1. The Morgan fingerprint density at radius 3 is 2.44 bits per heavy atom. The van der Waals surface area contributed by atoms with E-state index >= 15 is 0 Å². The van der Waals surface area contributed by atoms with Crippen LogP contribution in [-0.4, -0.2) is 73.1 Å². The van der Waals surface area contributed by atoms with Crippen LogP contribution in [0.15, 0.2) is 53.4 Å². The number of benzene rings is 2. The Bertz CT molecular complexity index is 1040. The quantitative estimate of drug-likeness (QED) is 0.449. The van der Waals surface area contributed by atoms with Gasteiger partial charge in [0.15, 0.2) is 0 Å². The van der Waals surface area contributed by atoms with Gasteiger partial charge in [-0.25, -0.2) is 8.42 Å². The zero-order valence-corrected chi connectivity index (χ0v) is 19.1. The third kappa shape index (κ3) is 5.83. The zero-order chi connectivity index (χ0) is 23.3. The number of ether oxygens (including phenoxy) is 1. The van der Waals surface area contributed by atoms with Gasteiger partial charge in [-0.05, 0) is 23.6 Å². The molecule has 2 aromatic carbocycles. The molecule has 32 heavy (non-hydrogen) atoms. The molecule has 1 fully saturated rings. The van der Waals surface area contributed by atoms with Crippen molar-refractivity contribution in [3.05, 3.63) is 64.2 Å². The van der Waals surface area contributed by atoms with Gasteiger partial charge < -0.3 is 9.84 Å². The van der Waals surface area contributed by atoms with E-state index in [1.165, 1.54) is 22.5 Å². The number of non-ortho nitro benzene ring substituents is 1. The zero-order valence-electron chi connectivity index (χ0n) is 18.3. The first-order valence-corrected chi connectivity index (χ1v) is 12.0. The van der Waals surface area contributed by atoms with E-state index in [1.54, 1.807) is 0 Å². The summed E-state index contributed by atoms with van der Waals surface area (Å²) in [5.41, 5.74) is 0.826. The molecular weight excluding hydrogens is 434 g/mol. The van der Waals surface area contributed by atoms with Crippen LogP contribution in [0.4, 0.5) is 5.69 Å². The highest BCUT2D eigenvalue weighted by molar-refractivity contribution is 7.89. The highest BCUT2D eigenvalue weighted by Crippen LogP contribution is 2.26. The summed E-state index contributed by atoms with van der Waals surface area (Å²) in [6.45, 7) is 6.08. The van der Waals surface area contributed by atoms with Gasteiger partial charge in [0.2, 0.25) is 10.0 Å². The molecule has 0 saturated carbocycles. The standard InChI is InChI=1S/C22H29N3O6S/c1-17(2)21-8-3-4-9-22(21)31-16-19(26)15-23-10-12-24(13-11-23)32(29,30)20-7-5-6-18(14-20)25(27)28/h3-9,14,17,19,26H,10-13,15-16H2,1-2H3. The summed E-state index contributed by atoms with van der Waals surface area (Å²) in [4.78, 5) is 12.2. The number of nitro benzene ring substituents is 1. The molecule has 0 bridgehead atoms. The van der Waals surface area contributed by atoms with E-state index in [4.69, 9.17) is 4.74 Å². The summed E-state index contributed by atoms with van der Waals surface area (Å²) in [6, 6.07) is 12.8. The topological polar surface area (TPSA) is 113 Å². The average molecular weight is 464 g/mol. The second-order valence-corrected chi connectivity index (χ2v) is 10.1. The Morgan fingerprint density at radius 1 is 1.09 bits per heavy atom. The van der Waals surface area contributed by atoms with Crippen LogP contribution < -0.4 is 4.74 Å². The van der Waals surface area contributed by atoms with Gasteiger partial charge in [0, 0.05) is 44.9 Å².